The first-order valence-electron chi connectivity index (χ1n) is 5.47. The van der Waals surface area contributed by atoms with Crippen molar-refractivity contribution in [1.29, 1.82) is 5.41 Å². The van der Waals surface area contributed by atoms with E-state index in [0.29, 0.717) is 0 Å². The molecule has 0 aliphatic rings. The summed E-state index contributed by atoms with van der Waals surface area (Å²) in [6.07, 6.45) is 0. The Morgan fingerprint density at radius 1 is 1.06 bits per heavy atom. The molecule has 0 saturated carbocycles. The minimum absolute atomic E-state index is 0.104. The minimum Gasteiger partial charge on any atom is -0.384 e. The summed E-state index contributed by atoms with van der Waals surface area (Å²) < 4.78 is 0. The Balaban J connectivity index is 1.97. The van der Waals surface area contributed by atoms with Gasteiger partial charge in [0.15, 0.2) is 0 Å². The maximum Gasteiger partial charge on any atom is 0.122 e. The lowest BCUT2D eigenvalue weighted by Crippen LogP contribution is -2.10. The van der Waals surface area contributed by atoms with E-state index >= 15 is 0 Å². The molecule has 2 rings (SSSR count). The van der Waals surface area contributed by atoms with Gasteiger partial charge in [-0.3, -0.25) is 5.41 Å². The van der Waals surface area contributed by atoms with Gasteiger partial charge < -0.3 is 5.73 Å². The summed E-state index contributed by atoms with van der Waals surface area (Å²) in [5.41, 5.74) is 7.38. The van der Waals surface area contributed by atoms with Crippen molar-refractivity contribution in [2.75, 3.05) is 0 Å². The Morgan fingerprint density at radius 2 is 1.67 bits per heavy atom. The molecule has 0 aromatic heterocycles. The summed E-state index contributed by atoms with van der Waals surface area (Å²) in [7, 11) is 0. The van der Waals surface area contributed by atoms with Crippen LogP contribution in [0.1, 0.15) is 11.1 Å². The Labute approximate surface area is 116 Å². The van der Waals surface area contributed by atoms with Gasteiger partial charge in [0.1, 0.15) is 5.84 Å². The van der Waals surface area contributed by atoms with E-state index in [1.807, 2.05) is 48.5 Å². The van der Waals surface area contributed by atoms with Gasteiger partial charge in [0.25, 0.3) is 0 Å². The normalized spacial score (nSPS) is 10.3. The van der Waals surface area contributed by atoms with Gasteiger partial charge in [0.2, 0.25) is 0 Å². The van der Waals surface area contributed by atoms with Gasteiger partial charge >= 0.3 is 0 Å². The molecule has 92 valence electrons. The van der Waals surface area contributed by atoms with Gasteiger partial charge in [-0.1, -0.05) is 35.9 Å². The minimum atomic E-state index is 0.104. The topological polar surface area (TPSA) is 49.9 Å². The Morgan fingerprint density at radius 3 is 2.22 bits per heavy atom. The third-order valence-corrected chi connectivity index (χ3v) is 3.82. The van der Waals surface area contributed by atoms with Crippen molar-refractivity contribution in [3.63, 3.8) is 0 Å². The molecule has 4 heteroatoms. The van der Waals surface area contributed by atoms with Crippen molar-refractivity contribution < 1.29 is 0 Å². The number of amidine groups is 1. The van der Waals surface area contributed by atoms with Crippen molar-refractivity contribution in [2.45, 2.75) is 10.6 Å². The molecule has 0 aliphatic carbocycles. The summed E-state index contributed by atoms with van der Waals surface area (Å²) in [5.74, 6) is 0.992. The molecule has 0 unspecified atom stereocenters. The first-order chi connectivity index (χ1) is 8.65. The van der Waals surface area contributed by atoms with Crippen LogP contribution in [-0.2, 0) is 5.75 Å². The lowest BCUT2D eigenvalue weighted by atomic mass is 10.1. The van der Waals surface area contributed by atoms with E-state index in [0.717, 1.165) is 16.3 Å². The van der Waals surface area contributed by atoms with Crippen molar-refractivity contribution in [1.82, 2.24) is 0 Å². The molecule has 2 nitrogen and oxygen atoms in total. The van der Waals surface area contributed by atoms with Crippen molar-refractivity contribution in [2.24, 2.45) is 5.73 Å². The molecule has 0 radical (unpaired) electrons. The fourth-order valence-electron chi connectivity index (χ4n) is 1.48. The molecule has 2 aromatic carbocycles. The molecule has 0 spiro atoms. The predicted octanol–water partition coefficient (Wildman–Crippen LogP) is 3.92. The first-order valence-corrected chi connectivity index (χ1v) is 6.83. The number of rotatable bonds is 4. The molecule has 18 heavy (non-hydrogen) atoms. The highest BCUT2D eigenvalue weighted by atomic mass is 35.5. The fraction of sp³-hybridized carbons (Fsp3) is 0.0714. The second-order valence-corrected chi connectivity index (χ2v) is 5.34. The molecule has 0 fully saturated rings. The number of hydrogen-bond acceptors (Lipinski definition) is 2. The molecule has 0 amide bonds. The molecule has 0 saturated heterocycles. The second kappa shape index (κ2) is 5.94. The molecule has 0 bridgehead atoms. The summed E-state index contributed by atoms with van der Waals surface area (Å²) in [6, 6.07) is 15.6. The third-order valence-electron chi connectivity index (χ3n) is 2.48. The van der Waals surface area contributed by atoms with Crippen LogP contribution in [0.4, 0.5) is 0 Å². The molecule has 0 atom stereocenters. The highest BCUT2D eigenvalue weighted by Crippen LogP contribution is 2.24. The second-order valence-electron chi connectivity index (χ2n) is 3.85. The smallest absolute Gasteiger partial charge is 0.122 e. The molecular formula is C14H13ClN2S. The standard InChI is InChI=1S/C14H13ClN2S/c15-12-5-7-13(8-6-12)18-9-10-1-3-11(4-2-10)14(16)17/h1-8H,9H2,(H3,16,17). The summed E-state index contributed by atoms with van der Waals surface area (Å²) in [4.78, 5) is 1.19. The van der Waals surface area contributed by atoms with E-state index in [2.05, 4.69) is 0 Å². The van der Waals surface area contributed by atoms with E-state index in [9.17, 15) is 0 Å². The van der Waals surface area contributed by atoms with Crippen LogP contribution in [0, 0.1) is 5.41 Å². The van der Waals surface area contributed by atoms with Crippen LogP contribution < -0.4 is 5.73 Å². The van der Waals surface area contributed by atoms with Crippen molar-refractivity contribution in [3.05, 3.63) is 64.7 Å². The number of nitrogens with two attached hydrogens (primary N) is 1. The third kappa shape index (κ3) is 3.52. The number of thioether (sulfide) groups is 1. The Kier molecular flexibility index (Phi) is 4.28. The summed E-state index contributed by atoms with van der Waals surface area (Å²) >= 11 is 7.59. The van der Waals surface area contributed by atoms with Crippen molar-refractivity contribution in [3.8, 4) is 0 Å². The lowest BCUT2D eigenvalue weighted by Gasteiger charge is -2.04. The average Bonchev–Trinajstić information content (AvgIpc) is 2.38. The highest BCUT2D eigenvalue weighted by molar-refractivity contribution is 7.98. The van der Waals surface area contributed by atoms with Gasteiger partial charge in [-0.05, 0) is 29.8 Å². The predicted molar refractivity (Wildman–Crippen MR) is 78.5 cm³/mol. The van der Waals surface area contributed by atoms with E-state index in [1.54, 1.807) is 11.8 Å². The fourth-order valence-corrected chi connectivity index (χ4v) is 2.46. The quantitative estimate of drug-likeness (QED) is 0.505. The van der Waals surface area contributed by atoms with Gasteiger partial charge in [0.05, 0.1) is 0 Å². The van der Waals surface area contributed by atoms with E-state index < -0.39 is 0 Å². The number of nitrogens with one attached hydrogen (secondary N) is 1. The van der Waals surface area contributed by atoms with Gasteiger partial charge in [-0.15, -0.1) is 11.8 Å². The van der Waals surface area contributed by atoms with Crippen LogP contribution >= 0.6 is 23.4 Å². The van der Waals surface area contributed by atoms with Gasteiger partial charge in [-0.25, -0.2) is 0 Å². The monoisotopic (exact) mass is 276 g/mol. The zero-order valence-electron chi connectivity index (χ0n) is 9.69. The molecule has 2 aromatic rings. The van der Waals surface area contributed by atoms with Crippen LogP contribution in [0.25, 0.3) is 0 Å². The Bertz CT molecular complexity index is 535. The van der Waals surface area contributed by atoms with E-state index in [4.69, 9.17) is 22.7 Å². The summed E-state index contributed by atoms with van der Waals surface area (Å²) in [5, 5.41) is 8.08. The maximum atomic E-state index is 7.32. The lowest BCUT2D eigenvalue weighted by molar-refractivity contribution is 1.36. The maximum absolute atomic E-state index is 7.32. The van der Waals surface area contributed by atoms with Crippen LogP contribution in [0.5, 0.6) is 0 Å². The van der Waals surface area contributed by atoms with E-state index in [-0.39, 0.29) is 5.84 Å². The van der Waals surface area contributed by atoms with Gasteiger partial charge in [0, 0.05) is 21.2 Å². The number of hydrogen-bond donors (Lipinski definition) is 2. The van der Waals surface area contributed by atoms with E-state index in [1.165, 1.54) is 10.5 Å². The highest BCUT2D eigenvalue weighted by Gasteiger charge is 1.99. The van der Waals surface area contributed by atoms with Crippen LogP contribution in [0.15, 0.2) is 53.4 Å². The average molecular weight is 277 g/mol. The number of nitrogen functional groups attached to an aromatic ring is 1. The number of halogens is 1. The SMILES string of the molecule is N=C(N)c1ccc(CSc2ccc(Cl)cc2)cc1. The van der Waals surface area contributed by atoms with Crippen molar-refractivity contribution >= 4 is 29.2 Å². The zero-order chi connectivity index (χ0) is 13.0. The van der Waals surface area contributed by atoms with Gasteiger partial charge in [-0.2, -0.15) is 0 Å². The largest absolute Gasteiger partial charge is 0.384 e. The molecule has 0 aliphatic heterocycles. The van der Waals surface area contributed by atoms with Crippen LogP contribution in [0.3, 0.4) is 0 Å². The van der Waals surface area contributed by atoms with Crippen LogP contribution in [0.2, 0.25) is 5.02 Å². The zero-order valence-corrected chi connectivity index (χ0v) is 11.3. The summed E-state index contributed by atoms with van der Waals surface area (Å²) in [6.45, 7) is 0. The molecular weight excluding hydrogens is 264 g/mol. The Hall–Kier alpha value is -1.45. The molecule has 3 N–H and O–H groups in total. The number of benzene rings is 2. The van der Waals surface area contributed by atoms with Crippen LogP contribution in [-0.4, -0.2) is 5.84 Å². The molecule has 0 heterocycles. The first kappa shape index (κ1) is 13.0.